The van der Waals surface area contributed by atoms with Gasteiger partial charge in [-0.25, -0.2) is 0 Å². The molecule has 2 fully saturated rings. The van der Waals surface area contributed by atoms with Crippen LogP contribution in [0.3, 0.4) is 0 Å². The molecule has 0 bridgehead atoms. The number of hydrogen-bond acceptors (Lipinski definition) is 9. The van der Waals surface area contributed by atoms with Crippen molar-refractivity contribution in [3.05, 3.63) is 58.9 Å². The van der Waals surface area contributed by atoms with Crippen LogP contribution in [-0.4, -0.2) is 78.1 Å². The summed E-state index contributed by atoms with van der Waals surface area (Å²) in [7, 11) is 0. The maximum absolute atomic E-state index is 13.3. The average molecular weight is 600 g/mol. The Morgan fingerprint density at radius 1 is 1.07 bits per heavy atom. The highest BCUT2D eigenvalue weighted by Gasteiger charge is 2.40. The molecule has 0 radical (unpaired) electrons. The van der Waals surface area contributed by atoms with Crippen molar-refractivity contribution >= 4 is 17.7 Å². The Kier molecular flexibility index (Phi) is 7.50. The van der Waals surface area contributed by atoms with E-state index in [2.05, 4.69) is 25.7 Å². The van der Waals surface area contributed by atoms with Gasteiger partial charge in [-0.2, -0.15) is 17.9 Å². The molecule has 3 aromatic rings. The monoisotopic (exact) mass is 599 g/mol. The third-order valence-corrected chi connectivity index (χ3v) is 8.09. The Bertz CT molecular complexity index is 1580. The van der Waals surface area contributed by atoms with E-state index in [1.54, 1.807) is 18.2 Å². The number of hydrogen-bond donors (Lipinski definition) is 2. The van der Waals surface area contributed by atoms with Gasteiger partial charge in [-0.3, -0.25) is 24.6 Å². The predicted octanol–water partition coefficient (Wildman–Crippen LogP) is 2.58. The number of ether oxygens (including phenoxy) is 1. The number of halogens is 3. The SMILES string of the molecule is O=C1CCC(N2Cc3cc(OC[C@H]4CCCCN4Cc4cc(-n5nnnc5C(F)(F)F)ccc4O)ccc3C2=O)C(=O)N1. The van der Waals surface area contributed by atoms with Gasteiger partial charge in [0, 0.05) is 36.7 Å². The smallest absolute Gasteiger partial charge is 0.453 e. The molecule has 15 heteroatoms. The molecule has 2 atom stereocenters. The molecule has 6 rings (SSSR count). The van der Waals surface area contributed by atoms with E-state index >= 15 is 0 Å². The summed E-state index contributed by atoms with van der Waals surface area (Å²) in [5.41, 5.74) is 1.73. The lowest BCUT2D eigenvalue weighted by atomic mass is 10.0. The molecule has 3 aliphatic heterocycles. The molecule has 226 valence electrons. The molecule has 12 nitrogen and oxygen atoms in total. The van der Waals surface area contributed by atoms with Gasteiger partial charge in [-0.15, -0.1) is 5.10 Å². The molecule has 1 aromatic heterocycles. The first-order valence-electron chi connectivity index (χ1n) is 13.9. The lowest BCUT2D eigenvalue weighted by Crippen LogP contribution is -2.52. The summed E-state index contributed by atoms with van der Waals surface area (Å²) in [6, 6.07) is 8.52. The predicted molar refractivity (Wildman–Crippen MR) is 142 cm³/mol. The summed E-state index contributed by atoms with van der Waals surface area (Å²) >= 11 is 0. The fraction of sp³-hybridized carbons (Fsp3) is 0.429. The second-order valence-corrected chi connectivity index (χ2v) is 10.9. The molecule has 0 spiro atoms. The molecule has 1 unspecified atom stereocenters. The van der Waals surface area contributed by atoms with E-state index in [-0.39, 0.29) is 55.2 Å². The van der Waals surface area contributed by atoms with Gasteiger partial charge in [-0.1, -0.05) is 6.42 Å². The Morgan fingerprint density at radius 2 is 1.91 bits per heavy atom. The number of aromatic nitrogens is 4. The van der Waals surface area contributed by atoms with Gasteiger partial charge < -0.3 is 14.7 Å². The number of fused-ring (bicyclic) bond motifs is 1. The van der Waals surface area contributed by atoms with Crippen molar-refractivity contribution in [1.29, 1.82) is 0 Å². The number of benzene rings is 2. The summed E-state index contributed by atoms with van der Waals surface area (Å²) in [5.74, 6) is -1.83. The largest absolute Gasteiger partial charge is 0.508 e. The molecule has 43 heavy (non-hydrogen) atoms. The zero-order valence-electron chi connectivity index (χ0n) is 22.9. The molecule has 2 N–H and O–H groups in total. The van der Waals surface area contributed by atoms with Crippen molar-refractivity contribution in [2.75, 3.05) is 13.2 Å². The minimum atomic E-state index is -4.75. The summed E-state index contributed by atoms with van der Waals surface area (Å²) < 4.78 is 46.8. The first-order valence-corrected chi connectivity index (χ1v) is 13.9. The van der Waals surface area contributed by atoms with Crippen molar-refractivity contribution < 1.29 is 37.4 Å². The number of nitrogens with zero attached hydrogens (tertiary/aromatic N) is 6. The lowest BCUT2D eigenvalue weighted by Gasteiger charge is -2.35. The zero-order chi connectivity index (χ0) is 30.3. The van der Waals surface area contributed by atoms with Crippen LogP contribution in [0.5, 0.6) is 11.5 Å². The number of likely N-dealkylation sites (tertiary alicyclic amines) is 1. The fourth-order valence-corrected chi connectivity index (χ4v) is 5.88. The van der Waals surface area contributed by atoms with Crippen LogP contribution in [0.2, 0.25) is 0 Å². The third-order valence-electron chi connectivity index (χ3n) is 8.09. The highest BCUT2D eigenvalue weighted by atomic mass is 19.4. The molecular weight excluding hydrogens is 571 g/mol. The summed E-state index contributed by atoms with van der Waals surface area (Å²) in [4.78, 5) is 40.4. The summed E-state index contributed by atoms with van der Waals surface area (Å²) in [5, 5.41) is 22.6. The second-order valence-electron chi connectivity index (χ2n) is 10.9. The number of tetrazole rings is 1. The van der Waals surface area contributed by atoms with Gasteiger partial charge in [0.15, 0.2) is 0 Å². The Morgan fingerprint density at radius 3 is 2.70 bits per heavy atom. The number of imide groups is 1. The Labute approximate surface area is 243 Å². The van der Waals surface area contributed by atoms with Crippen molar-refractivity contribution in [2.24, 2.45) is 0 Å². The van der Waals surface area contributed by atoms with Crippen LogP contribution in [0.15, 0.2) is 36.4 Å². The van der Waals surface area contributed by atoms with E-state index in [4.69, 9.17) is 4.74 Å². The zero-order valence-corrected chi connectivity index (χ0v) is 22.9. The van der Waals surface area contributed by atoms with Crippen LogP contribution >= 0.6 is 0 Å². The molecule has 3 aliphatic rings. The number of rotatable bonds is 7. The van der Waals surface area contributed by atoms with Crippen LogP contribution in [0.1, 0.15) is 59.4 Å². The van der Waals surface area contributed by atoms with Gasteiger partial charge in [-0.05, 0) is 78.2 Å². The van der Waals surface area contributed by atoms with E-state index in [0.29, 0.717) is 34.7 Å². The van der Waals surface area contributed by atoms with E-state index in [0.717, 1.165) is 24.8 Å². The molecule has 0 saturated carbocycles. The van der Waals surface area contributed by atoms with Gasteiger partial charge >= 0.3 is 6.18 Å². The minimum absolute atomic E-state index is 0.0366. The van der Waals surface area contributed by atoms with Gasteiger partial charge in [0.05, 0.1) is 5.69 Å². The number of amides is 3. The molecule has 0 aliphatic carbocycles. The van der Waals surface area contributed by atoms with Crippen molar-refractivity contribution in [1.82, 2.24) is 35.3 Å². The number of nitrogens with one attached hydrogen (secondary N) is 1. The minimum Gasteiger partial charge on any atom is -0.508 e. The molecule has 2 saturated heterocycles. The van der Waals surface area contributed by atoms with E-state index in [1.807, 2.05) is 0 Å². The van der Waals surface area contributed by atoms with Crippen molar-refractivity contribution in [2.45, 2.75) is 63.5 Å². The highest BCUT2D eigenvalue weighted by Crippen LogP contribution is 2.32. The maximum atomic E-state index is 13.3. The van der Waals surface area contributed by atoms with Gasteiger partial charge in [0.1, 0.15) is 24.1 Å². The van der Waals surface area contributed by atoms with Crippen LogP contribution in [0, 0.1) is 0 Å². The van der Waals surface area contributed by atoms with E-state index in [9.17, 15) is 32.7 Å². The van der Waals surface area contributed by atoms with Crippen LogP contribution in [0.4, 0.5) is 13.2 Å². The average Bonchev–Trinajstić information content (AvgIpc) is 3.59. The number of aromatic hydroxyl groups is 1. The third kappa shape index (κ3) is 5.76. The summed E-state index contributed by atoms with van der Waals surface area (Å²) in [6.45, 7) is 1.53. The molecule has 4 heterocycles. The van der Waals surface area contributed by atoms with Gasteiger partial charge in [0.2, 0.25) is 11.8 Å². The number of carbonyl (C=O) groups excluding carboxylic acids is 3. The number of carbonyl (C=O) groups is 3. The standard InChI is InChI=1S/C28H28F3N7O5/c29-28(30,31)27-33-34-35-38(27)18-4-8-23(39)17(11-18)13-36-10-2-1-3-19(36)15-43-20-5-6-21-16(12-20)14-37(26(21)42)22-7-9-24(40)32-25(22)41/h4-6,8,11-12,19,22,39H,1-3,7,9-10,13-15H2,(H,32,40,41)/t19-,22?/m1/s1. The normalized spacial score (nSPS) is 21.2. The maximum Gasteiger partial charge on any atom is 0.453 e. The van der Waals surface area contributed by atoms with Crippen molar-refractivity contribution in [3.8, 4) is 17.2 Å². The number of piperidine rings is 2. The molecule has 2 aromatic carbocycles. The van der Waals surface area contributed by atoms with E-state index in [1.165, 1.54) is 23.1 Å². The number of phenolic OH excluding ortho intramolecular Hbond substituents is 1. The van der Waals surface area contributed by atoms with Crippen molar-refractivity contribution in [3.63, 3.8) is 0 Å². The van der Waals surface area contributed by atoms with Crippen LogP contribution in [-0.2, 0) is 28.9 Å². The van der Waals surface area contributed by atoms with Gasteiger partial charge in [0.25, 0.3) is 11.7 Å². The second kappa shape index (κ2) is 11.3. The van der Waals surface area contributed by atoms with Crippen LogP contribution < -0.4 is 10.1 Å². The Hall–Kier alpha value is -4.53. The first kappa shape index (κ1) is 28.6. The van der Waals surface area contributed by atoms with E-state index < -0.39 is 23.9 Å². The first-order chi connectivity index (χ1) is 20.6. The van der Waals surface area contributed by atoms with Crippen LogP contribution in [0.25, 0.3) is 5.69 Å². The number of phenols is 1. The highest BCUT2D eigenvalue weighted by molar-refractivity contribution is 6.05. The lowest BCUT2D eigenvalue weighted by molar-refractivity contribution is -0.146. The molecular formula is C28H28F3N7O5. The molecule has 3 amide bonds. The fourth-order valence-electron chi connectivity index (χ4n) is 5.88. The Balaban J connectivity index is 1.13. The number of alkyl halides is 3. The topological polar surface area (TPSA) is 143 Å². The quantitative estimate of drug-likeness (QED) is 0.392. The summed E-state index contributed by atoms with van der Waals surface area (Å²) in [6.07, 6.45) is -1.58.